The van der Waals surface area contributed by atoms with Crippen LogP contribution in [0.2, 0.25) is 0 Å². The van der Waals surface area contributed by atoms with Crippen molar-refractivity contribution in [2.45, 2.75) is 32.5 Å². The van der Waals surface area contributed by atoms with E-state index in [9.17, 15) is 18.0 Å². The van der Waals surface area contributed by atoms with Crippen LogP contribution in [-0.4, -0.2) is 12.0 Å². The van der Waals surface area contributed by atoms with Gasteiger partial charge >= 0.3 is 6.18 Å². The van der Waals surface area contributed by atoms with E-state index in [4.69, 9.17) is 4.74 Å². The standard InChI is InChI=1S/C12H14F3NO2/c1-11(2,3)18-10-5-8(12(13,14)15)4-9(6-10)16-7-17/h4-7H,1-3H3,(H,16,17). The highest BCUT2D eigenvalue weighted by atomic mass is 19.4. The van der Waals surface area contributed by atoms with Gasteiger partial charge in [-0.1, -0.05) is 0 Å². The Hall–Kier alpha value is -1.72. The van der Waals surface area contributed by atoms with E-state index >= 15 is 0 Å². The molecule has 0 saturated carbocycles. The number of ether oxygens (including phenoxy) is 1. The zero-order valence-corrected chi connectivity index (χ0v) is 10.3. The summed E-state index contributed by atoms with van der Waals surface area (Å²) in [6.07, 6.45) is -4.17. The molecule has 6 heteroatoms. The van der Waals surface area contributed by atoms with Gasteiger partial charge in [-0.15, -0.1) is 0 Å². The number of amides is 1. The molecule has 0 aliphatic rings. The average Bonchev–Trinajstić information content (AvgIpc) is 2.13. The Labute approximate surface area is 103 Å². The molecule has 0 fully saturated rings. The van der Waals surface area contributed by atoms with Crippen LogP contribution < -0.4 is 10.1 Å². The molecular weight excluding hydrogens is 247 g/mol. The number of alkyl halides is 3. The third kappa shape index (κ3) is 4.27. The van der Waals surface area contributed by atoms with Gasteiger partial charge in [0.2, 0.25) is 6.41 Å². The van der Waals surface area contributed by atoms with Crippen LogP contribution in [0.1, 0.15) is 26.3 Å². The maximum Gasteiger partial charge on any atom is 0.416 e. The third-order valence-corrected chi connectivity index (χ3v) is 1.88. The average molecular weight is 261 g/mol. The number of rotatable bonds is 3. The zero-order valence-electron chi connectivity index (χ0n) is 10.3. The van der Waals surface area contributed by atoms with Gasteiger partial charge in [0.25, 0.3) is 0 Å². The number of hydrogen-bond donors (Lipinski definition) is 1. The summed E-state index contributed by atoms with van der Waals surface area (Å²) in [5, 5.41) is 2.19. The number of halogens is 3. The molecule has 1 N–H and O–H groups in total. The van der Waals surface area contributed by atoms with Gasteiger partial charge in [0.15, 0.2) is 0 Å². The normalized spacial score (nSPS) is 12.1. The second-order valence-corrected chi connectivity index (χ2v) is 4.72. The number of carbonyl (C=O) groups excluding carboxylic acids is 1. The van der Waals surface area contributed by atoms with Gasteiger partial charge in [0.1, 0.15) is 11.4 Å². The van der Waals surface area contributed by atoms with Gasteiger partial charge in [0.05, 0.1) is 5.56 Å². The number of nitrogens with one attached hydrogen (secondary N) is 1. The fourth-order valence-electron chi connectivity index (χ4n) is 1.33. The van der Waals surface area contributed by atoms with Crippen molar-refractivity contribution in [3.63, 3.8) is 0 Å². The molecule has 3 nitrogen and oxygen atoms in total. The number of benzene rings is 1. The predicted molar refractivity (Wildman–Crippen MR) is 61.5 cm³/mol. The first-order valence-corrected chi connectivity index (χ1v) is 5.23. The first-order valence-electron chi connectivity index (χ1n) is 5.23. The highest BCUT2D eigenvalue weighted by Crippen LogP contribution is 2.34. The Kier molecular flexibility index (Phi) is 3.88. The minimum atomic E-state index is -4.49. The molecule has 0 aliphatic heterocycles. The summed E-state index contributed by atoms with van der Waals surface area (Å²) in [7, 11) is 0. The SMILES string of the molecule is CC(C)(C)Oc1cc(NC=O)cc(C(F)(F)F)c1. The molecule has 0 atom stereocenters. The lowest BCUT2D eigenvalue weighted by molar-refractivity contribution is -0.137. The lowest BCUT2D eigenvalue weighted by Gasteiger charge is -2.22. The molecule has 0 aliphatic carbocycles. The van der Waals surface area contributed by atoms with Crippen molar-refractivity contribution in [2.75, 3.05) is 5.32 Å². The summed E-state index contributed by atoms with van der Waals surface area (Å²) < 4.78 is 43.3. The molecule has 18 heavy (non-hydrogen) atoms. The first-order chi connectivity index (χ1) is 8.12. The molecule has 1 aromatic carbocycles. The number of carbonyl (C=O) groups is 1. The minimum Gasteiger partial charge on any atom is -0.488 e. The van der Waals surface area contributed by atoms with Crippen LogP contribution in [0.4, 0.5) is 18.9 Å². The Morgan fingerprint density at radius 3 is 2.22 bits per heavy atom. The van der Waals surface area contributed by atoms with Crippen molar-refractivity contribution in [2.24, 2.45) is 0 Å². The molecule has 100 valence electrons. The van der Waals surface area contributed by atoms with Crippen LogP contribution in [0, 0.1) is 0 Å². The molecule has 1 rings (SSSR count). The van der Waals surface area contributed by atoms with E-state index in [2.05, 4.69) is 5.32 Å². The topological polar surface area (TPSA) is 38.3 Å². The van der Waals surface area contributed by atoms with Crippen LogP contribution in [0.25, 0.3) is 0 Å². The van der Waals surface area contributed by atoms with E-state index in [1.165, 1.54) is 6.07 Å². The second kappa shape index (κ2) is 4.88. The zero-order chi connectivity index (χ0) is 14.0. The van der Waals surface area contributed by atoms with Crippen LogP contribution >= 0.6 is 0 Å². The molecule has 0 unspecified atom stereocenters. The van der Waals surface area contributed by atoms with Crippen molar-refractivity contribution >= 4 is 12.1 Å². The van der Waals surface area contributed by atoms with Crippen molar-refractivity contribution < 1.29 is 22.7 Å². The molecule has 1 aromatic rings. The van der Waals surface area contributed by atoms with Crippen LogP contribution in [-0.2, 0) is 11.0 Å². The molecule has 1 amide bonds. The first kappa shape index (κ1) is 14.3. The minimum absolute atomic E-state index is 0.0408. The van der Waals surface area contributed by atoms with Gasteiger partial charge < -0.3 is 10.1 Å². The Morgan fingerprint density at radius 1 is 1.17 bits per heavy atom. The molecule has 0 spiro atoms. The highest BCUT2D eigenvalue weighted by molar-refractivity contribution is 5.72. The Bertz CT molecular complexity index is 436. The number of anilines is 1. The summed E-state index contributed by atoms with van der Waals surface area (Å²) in [6.45, 7) is 5.17. The lowest BCUT2D eigenvalue weighted by atomic mass is 10.1. The molecule has 0 bridgehead atoms. The van der Waals surface area contributed by atoms with Gasteiger partial charge in [-0.2, -0.15) is 13.2 Å². The molecule has 0 saturated heterocycles. The van der Waals surface area contributed by atoms with Crippen molar-refractivity contribution in [3.05, 3.63) is 23.8 Å². The monoisotopic (exact) mass is 261 g/mol. The Morgan fingerprint density at radius 2 is 1.78 bits per heavy atom. The summed E-state index contributed by atoms with van der Waals surface area (Å²) in [6, 6.07) is 3.10. The summed E-state index contributed by atoms with van der Waals surface area (Å²) in [5.74, 6) is 0.0571. The maximum absolute atomic E-state index is 12.6. The molecular formula is C12H14F3NO2. The smallest absolute Gasteiger partial charge is 0.416 e. The van der Waals surface area contributed by atoms with Crippen molar-refractivity contribution in [3.8, 4) is 5.75 Å². The van der Waals surface area contributed by atoms with Crippen molar-refractivity contribution in [1.29, 1.82) is 0 Å². The maximum atomic E-state index is 12.6. The fourth-order valence-corrected chi connectivity index (χ4v) is 1.33. The van der Waals surface area contributed by atoms with Crippen LogP contribution in [0.3, 0.4) is 0 Å². The van der Waals surface area contributed by atoms with Crippen molar-refractivity contribution in [1.82, 2.24) is 0 Å². The predicted octanol–water partition coefficient (Wildman–Crippen LogP) is 3.45. The third-order valence-electron chi connectivity index (χ3n) is 1.88. The second-order valence-electron chi connectivity index (χ2n) is 4.72. The van der Waals surface area contributed by atoms with Crippen LogP contribution in [0.15, 0.2) is 18.2 Å². The Balaban J connectivity index is 3.18. The van der Waals surface area contributed by atoms with E-state index in [1.807, 2.05) is 0 Å². The van der Waals surface area contributed by atoms with Gasteiger partial charge in [0, 0.05) is 11.8 Å². The summed E-state index contributed by atoms with van der Waals surface area (Å²) in [4.78, 5) is 10.3. The van der Waals surface area contributed by atoms with Gasteiger partial charge in [-0.3, -0.25) is 4.79 Å². The van der Waals surface area contributed by atoms with E-state index in [0.29, 0.717) is 6.41 Å². The largest absolute Gasteiger partial charge is 0.488 e. The van der Waals surface area contributed by atoms with E-state index < -0.39 is 17.3 Å². The van der Waals surface area contributed by atoms with Crippen LogP contribution in [0.5, 0.6) is 5.75 Å². The highest BCUT2D eigenvalue weighted by Gasteiger charge is 2.31. The molecule has 0 radical (unpaired) electrons. The van der Waals surface area contributed by atoms with Gasteiger partial charge in [-0.25, -0.2) is 0 Å². The van der Waals surface area contributed by atoms with E-state index in [-0.39, 0.29) is 11.4 Å². The quantitative estimate of drug-likeness (QED) is 0.846. The van der Waals surface area contributed by atoms with Gasteiger partial charge in [-0.05, 0) is 32.9 Å². The van der Waals surface area contributed by atoms with E-state index in [0.717, 1.165) is 12.1 Å². The lowest BCUT2D eigenvalue weighted by Crippen LogP contribution is -2.23. The fraction of sp³-hybridized carbons (Fsp3) is 0.417. The summed E-state index contributed by atoms with van der Waals surface area (Å²) >= 11 is 0. The number of hydrogen-bond acceptors (Lipinski definition) is 2. The molecule has 0 aromatic heterocycles. The summed E-state index contributed by atoms with van der Waals surface area (Å²) in [5.41, 5.74) is -1.45. The van der Waals surface area contributed by atoms with E-state index in [1.54, 1.807) is 20.8 Å². The molecule has 0 heterocycles.